The fourth-order valence-electron chi connectivity index (χ4n) is 3.23. The van der Waals surface area contributed by atoms with E-state index in [1.807, 2.05) is 0 Å². The molecule has 0 atom stereocenters. The Morgan fingerprint density at radius 3 is 2.26 bits per heavy atom. The predicted octanol–water partition coefficient (Wildman–Crippen LogP) is 2.96. The first-order chi connectivity index (χ1) is 16.5. The molecule has 0 aliphatic carbocycles. The van der Waals surface area contributed by atoms with Crippen molar-refractivity contribution in [1.29, 1.82) is 0 Å². The number of likely N-dealkylation sites (tertiary alicyclic amines) is 1. The van der Waals surface area contributed by atoms with Crippen molar-refractivity contribution in [2.75, 3.05) is 31.6 Å². The smallest absolute Gasteiger partial charge is 0.329 e. The summed E-state index contributed by atoms with van der Waals surface area (Å²) in [6.07, 6.45) is 5.51. The highest BCUT2D eigenvalue weighted by atomic mass is 16.5. The van der Waals surface area contributed by atoms with Gasteiger partial charge in [-0.05, 0) is 73.4 Å². The third-order valence-corrected chi connectivity index (χ3v) is 5.17. The minimum absolute atomic E-state index is 0.00716. The molecule has 1 aliphatic rings. The number of ether oxygens (including phenoxy) is 2. The third-order valence-electron chi connectivity index (χ3n) is 5.17. The van der Waals surface area contributed by atoms with E-state index in [1.165, 1.54) is 6.21 Å². The molecule has 1 heterocycles. The lowest BCUT2D eigenvalue weighted by molar-refractivity contribution is -0.136. The van der Waals surface area contributed by atoms with Crippen molar-refractivity contribution >= 4 is 29.6 Å². The summed E-state index contributed by atoms with van der Waals surface area (Å²) in [7, 11) is 0. The number of anilines is 1. The normalized spacial score (nSPS) is 13.0. The van der Waals surface area contributed by atoms with Gasteiger partial charge < -0.3 is 19.7 Å². The topological polar surface area (TPSA) is 109 Å². The molecule has 1 aliphatic heterocycles. The molecule has 34 heavy (non-hydrogen) atoms. The molecule has 180 valence electrons. The van der Waals surface area contributed by atoms with Crippen LogP contribution < -0.4 is 20.2 Å². The third kappa shape index (κ3) is 7.91. The van der Waals surface area contributed by atoms with Crippen LogP contribution in [0.5, 0.6) is 11.5 Å². The molecular weight excluding hydrogens is 436 g/mol. The Hall–Kier alpha value is -3.88. The largest absolute Gasteiger partial charge is 0.494 e. The first-order valence-electron chi connectivity index (χ1n) is 11.4. The summed E-state index contributed by atoms with van der Waals surface area (Å²) in [6.45, 7) is 4.32. The molecular formula is C25H30N4O5. The number of benzene rings is 2. The highest BCUT2D eigenvalue weighted by molar-refractivity contribution is 6.39. The van der Waals surface area contributed by atoms with E-state index in [0.717, 1.165) is 38.8 Å². The van der Waals surface area contributed by atoms with Gasteiger partial charge in [-0.2, -0.15) is 5.10 Å². The van der Waals surface area contributed by atoms with E-state index in [1.54, 1.807) is 53.4 Å². The molecule has 9 nitrogen and oxygen atoms in total. The highest BCUT2D eigenvalue weighted by Gasteiger charge is 2.18. The number of hydrogen-bond donors (Lipinski definition) is 2. The van der Waals surface area contributed by atoms with Gasteiger partial charge in [0.05, 0.1) is 12.8 Å². The van der Waals surface area contributed by atoms with Crippen molar-refractivity contribution in [3.8, 4) is 11.5 Å². The van der Waals surface area contributed by atoms with Crippen LogP contribution in [0.1, 0.15) is 38.2 Å². The van der Waals surface area contributed by atoms with Crippen LogP contribution >= 0.6 is 0 Å². The number of amides is 3. The van der Waals surface area contributed by atoms with Gasteiger partial charge in [-0.25, -0.2) is 5.43 Å². The second-order valence-electron chi connectivity index (χ2n) is 7.83. The zero-order valence-corrected chi connectivity index (χ0v) is 19.3. The molecule has 0 bridgehead atoms. The molecule has 9 heteroatoms. The second kappa shape index (κ2) is 13.0. The molecule has 3 amide bonds. The van der Waals surface area contributed by atoms with Crippen LogP contribution in [0.15, 0.2) is 53.6 Å². The van der Waals surface area contributed by atoms with Gasteiger partial charge in [0, 0.05) is 18.8 Å². The Labute approximate surface area is 199 Å². The Bertz CT molecular complexity index is 983. The molecule has 0 unspecified atom stereocenters. The number of hydrazone groups is 1. The molecule has 3 rings (SSSR count). The maximum Gasteiger partial charge on any atom is 0.329 e. The van der Waals surface area contributed by atoms with E-state index in [-0.39, 0.29) is 12.5 Å². The molecule has 1 saturated heterocycles. The van der Waals surface area contributed by atoms with Crippen LogP contribution in [0.3, 0.4) is 0 Å². The lowest BCUT2D eigenvalue weighted by Crippen LogP contribution is -2.32. The lowest BCUT2D eigenvalue weighted by atomic mass is 10.2. The number of nitrogens with one attached hydrogen (secondary N) is 2. The highest BCUT2D eigenvalue weighted by Crippen LogP contribution is 2.16. The maximum atomic E-state index is 12.0. The number of nitrogens with zero attached hydrogens (tertiary/aromatic N) is 2. The Balaban J connectivity index is 1.39. The Morgan fingerprint density at radius 1 is 0.941 bits per heavy atom. The van der Waals surface area contributed by atoms with E-state index in [2.05, 4.69) is 22.8 Å². The zero-order valence-electron chi connectivity index (χ0n) is 19.3. The van der Waals surface area contributed by atoms with Gasteiger partial charge in [-0.1, -0.05) is 13.3 Å². The SMILES string of the molecule is CCCCOc1ccc(NC(=O)C(=O)N/N=C\c2ccc(OCC(=O)N3CCCC3)cc2)cc1. The van der Waals surface area contributed by atoms with E-state index < -0.39 is 11.8 Å². The number of carbonyl (C=O) groups is 3. The standard InChI is InChI=1S/C25H30N4O5/c1-2-3-16-33-21-12-8-20(9-13-21)27-24(31)25(32)28-26-17-19-6-10-22(11-7-19)34-18-23(30)29-14-4-5-15-29/h6-13,17H,2-5,14-16,18H2,1H3,(H,27,31)(H,28,32)/b26-17-. The first kappa shape index (κ1) is 24.8. The summed E-state index contributed by atoms with van der Waals surface area (Å²) < 4.78 is 11.1. The summed E-state index contributed by atoms with van der Waals surface area (Å²) in [5.74, 6) is -0.464. The van der Waals surface area contributed by atoms with Crippen LogP contribution in [0.25, 0.3) is 0 Å². The van der Waals surface area contributed by atoms with Crippen molar-refractivity contribution in [2.45, 2.75) is 32.6 Å². The summed E-state index contributed by atoms with van der Waals surface area (Å²) in [5.41, 5.74) is 3.36. The quantitative estimate of drug-likeness (QED) is 0.242. The minimum Gasteiger partial charge on any atom is -0.494 e. The van der Waals surface area contributed by atoms with Gasteiger partial charge >= 0.3 is 11.8 Å². The first-order valence-corrected chi connectivity index (χ1v) is 11.4. The summed E-state index contributed by atoms with van der Waals surface area (Å²) in [6, 6.07) is 13.7. The minimum atomic E-state index is -0.889. The molecule has 2 aromatic rings. The summed E-state index contributed by atoms with van der Waals surface area (Å²) >= 11 is 0. The monoisotopic (exact) mass is 466 g/mol. The zero-order chi connectivity index (χ0) is 24.2. The lowest BCUT2D eigenvalue weighted by Gasteiger charge is -2.15. The van der Waals surface area contributed by atoms with E-state index in [4.69, 9.17) is 9.47 Å². The van der Waals surface area contributed by atoms with Gasteiger partial charge in [0.1, 0.15) is 11.5 Å². The molecule has 2 aromatic carbocycles. The van der Waals surface area contributed by atoms with Crippen LogP contribution in [0, 0.1) is 0 Å². The van der Waals surface area contributed by atoms with Crippen molar-refractivity contribution < 1.29 is 23.9 Å². The van der Waals surface area contributed by atoms with Crippen LogP contribution in [-0.4, -0.2) is 55.1 Å². The second-order valence-corrected chi connectivity index (χ2v) is 7.83. The Morgan fingerprint density at radius 2 is 1.59 bits per heavy atom. The van der Waals surface area contributed by atoms with E-state index in [0.29, 0.717) is 29.4 Å². The predicted molar refractivity (Wildman–Crippen MR) is 129 cm³/mol. The van der Waals surface area contributed by atoms with Crippen LogP contribution in [0.2, 0.25) is 0 Å². The number of rotatable bonds is 10. The molecule has 2 N–H and O–H groups in total. The van der Waals surface area contributed by atoms with Crippen molar-refractivity contribution in [1.82, 2.24) is 10.3 Å². The molecule has 0 saturated carbocycles. The fourth-order valence-corrected chi connectivity index (χ4v) is 3.23. The van der Waals surface area contributed by atoms with Gasteiger partial charge in [-0.3, -0.25) is 14.4 Å². The maximum absolute atomic E-state index is 12.0. The van der Waals surface area contributed by atoms with Gasteiger partial charge in [0.25, 0.3) is 5.91 Å². The van der Waals surface area contributed by atoms with Crippen LogP contribution in [0.4, 0.5) is 5.69 Å². The van der Waals surface area contributed by atoms with E-state index in [9.17, 15) is 14.4 Å². The van der Waals surface area contributed by atoms with Crippen molar-refractivity contribution in [2.24, 2.45) is 5.10 Å². The van der Waals surface area contributed by atoms with E-state index >= 15 is 0 Å². The fraction of sp³-hybridized carbons (Fsp3) is 0.360. The molecule has 0 radical (unpaired) electrons. The van der Waals surface area contributed by atoms with Gasteiger partial charge in [0.15, 0.2) is 6.61 Å². The average Bonchev–Trinajstić information content (AvgIpc) is 3.40. The molecule has 0 spiro atoms. The molecule has 0 aromatic heterocycles. The van der Waals surface area contributed by atoms with Gasteiger partial charge in [0.2, 0.25) is 0 Å². The number of unbranched alkanes of at least 4 members (excludes halogenated alkanes) is 1. The number of hydrogen-bond acceptors (Lipinski definition) is 6. The van der Waals surface area contributed by atoms with Crippen molar-refractivity contribution in [3.63, 3.8) is 0 Å². The average molecular weight is 467 g/mol. The number of carbonyl (C=O) groups excluding carboxylic acids is 3. The summed E-state index contributed by atoms with van der Waals surface area (Å²) in [4.78, 5) is 37.8. The van der Waals surface area contributed by atoms with Crippen molar-refractivity contribution in [3.05, 3.63) is 54.1 Å². The van der Waals surface area contributed by atoms with Gasteiger partial charge in [-0.15, -0.1) is 0 Å². The van der Waals surface area contributed by atoms with Crippen LogP contribution in [-0.2, 0) is 14.4 Å². The molecule has 1 fully saturated rings. The summed E-state index contributed by atoms with van der Waals surface area (Å²) in [5, 5.41) is 6.32. The Kier molecular flexibility index (Phi) is 9.45.